The van der Waals surface area contributed by atoms with Gasteiger partial charge in [-0.05, 0) is 13.3 Å². The summed E-state index contributed by atoms with van der Waals surface area (Å²) < 4.78 is 4.78. The molecule has 0 fully saturated rings. The maximum Gasteiger partial charge on any atom is 0.321 e. The molecule has 0 spiro atoms. The molecule has 0 aromatic carbocycles. The SMILES string of the molecule is CC[C@@H](C)OC(=O)CCl. The molecule has 0 unspecified atom stereocenters. The van der Waals surface area contributed by atoms with E-state index in [-0.39, 0.29) is 18.0 Å². The molecule has 0 aliphatic heterocycles. The summed E-state index contributed by atoms with van der Waals surface area (Å²) in [5.41, 5.74) is 0. The Bertz CT molecular complexity index is 93.1. The highest BCUT2D eigenvalue weighted by Gasteiger charge is 2.03. The van der Waals surface area contributed by atoms with Crippen LogP contribution in [0.3, 0.4) is 0 Å². The van der Waals surface area contributed by atoms with E-state index in [1.807, 2.05) is 13.8 Å². The number of ether oxygens (including phenoxy) is 1. The summed E-state index contributed by atoms with van der Waals surface area (Å²) in [6.07, 6.45) is 0.832. The second-order valence-electron chi connectivity index (χ2n) is 1.84. The molecule has 0 aromatic rings. The Hall–Kier alpha value is -0.240. The van der Waals surface area contributed by atoms with Crippen molar-refractivity contribution in [2.45, 2.75) is 26.4 Å². The van der Waals surface area contributed by atoms with Gasteiger partial charge in [-0.25, -0.2) is 0 Å². The van der Waals surface area contributed by atoms with E-state index in [1.165, 1.54) is 0 Å². The van der Waals surface area contributed by atoms with Crippen LogP contribution in [0.15, 0.2) is 0 Å². The highest BCUT2D eigenvalue weighted by Crippen LogP contribution is 1.96. The fraction of sp³-hybridized carbons (Fsp3) is 0.833. The van der Waals surface area contributed by atoms with Gasteiger partial charge in [0, 0.05) is 0 Å². The first-order chi connectivity index (χ1) is 4.20. The second kappa shape index (κ2) is 4.62. The topological polar surface area (TPSA) is 26.3 Å². The standard InChI is InChI=1S/C6H11ClO2/c1-3-5(2)9-6(8)4-7/h5H,3-4H2,1-2H3/t5-/m1/s1. The van der Waals surface area contributed by atoms with E-state index < -0.39 is 0 Å². The van der Waals surface area contributed by atoms with E-state index in [9.17, 15) is 4.79 Å². The van der Waals surface area contributed by atoms with Crippen LogP contribution in [0.25, 0.3) is 0 Å². The summed E-state index contributed by atoms with van der Waals surface area (Å²) in [5.74, 6) is -0.393. The number of esters is 1. The fourth-order valence-corrected chi connectivity index (χ4v) is 0.402. The fourth-order valence-electron chi connectivity index (χ4n) is 0.339. The molecule has 0 heterocycles. The first-order valence-electron chi connectivity index (χ1n) is 2.96. The Kier molecular flexibility index (Phi) is 4.50. The van der Waals surface area contributed by atoms with Crippen molar-refractivity contribution in [2.75, 3.05) is 5.88 Å². The van der Waals surface area contributed by atoms with Crippen LogP contribution in [-0.4, -0.2) is 18.0 Å². The number of carbonyl (C=O) groups is 1. The van der Waals surface area contributed by atoms with Gasteiger partial charge in [0.05, 0.1) is 6.10 Å². The van der Waals surface area contributed by atoms with Crippen LogP contribution < -0.4 is 0 Å². The first kappa shape index (κ1) is 8.76. The van der Waals surface area contributed by atoms with Gasteiger partial charge in [0.1, 0.15) is 5.88 Å². The van der Waals surface area contributed by atoms with Gasteiger partial charge in [-0.15, -0.1) is 11.6 Å². The van der Waals surface area contributed by atoms with Crippen molar-refractivity contribution in [3.63, 3.8) is 0 Å². The molecule has 1 atom stereocenters. The van der Waals surface area contributed by atoms with Gasteiger partial charge in [-0.3, -0.25) is 4.79 Å². The number of hydrogen-bond donors (Lipinski definition) is 0. The molecule has 0 radical (unpaired) electrons. The number of halogens is 1. The third-order valence-electron chi connectivity index (χ3n) is 1.02. The third kappa shape index (κ3) is 4.28. The maximum atomic E-state index is 10.4. The van der Waals surface area contributed by atoms with Gasteiger partial charge in [0.2, 0.25) is 0 Å². The van der Waals surface area contributed by atoms with E-state index >= 15 is 0 Å². The molecule has 2 nitrogen and oxygen atoms in total. The van der Waals surface area contributed by atoms with Gasteiger partial charge < -0.3 is 4.74 Å². The predicted octanol–water partition coefficient (Wildman–Crippen LogP) is 1.57. The van der Waals surface area contributed by atoms with Crippen LogP contribution in [0.2, 0.25) is 0 Å². The summed E-state index contributed by atoms with van der Waals surface area (Å²) in [4.78, 5) is 10.4. The van der Waals surface area contributed by atoms with Crippen molar-refractivity contribution in [3.05, 3.63) is 0 Å². The molecule has 0 N–H and O–H groups in total. The zero-order valence-corrected chi connectivity index (χ0v) is 6.44. The number of hydrogen-bond acceptors (Lipinski definition) is 2. The van der Waals surface area contributed by atoms with E-state index in [2.05, 4.69) is 0 Å². The lowest BCUT2D eigenvalue weighted by atomic mass is 10.3. The molecule has 0 aromatic heterocycles. The zero-order chi connectivity index (χ0) is 7.28. The molecular formula is C6H11ClO2. The lowest BCUT2D eigenvalue weighted by molar-refractivity contribution is -0.145. The van der Waals surface area contributed by atoms with Crippen LogP contribution in [0.5, 0.6) is 0 Å². The van der Waals surface area contributed by atoms with Crippen LogP contribution in [0.1, 0.15) is 20.3 Å². The Morgan fingerprint density at radius 3 is 2.67 bits per heavy atom. The molecule has 54 valence electrons. The van der Waals surface area contributed by atoms with Crippen LogP contribution in [-0.2, 0) is 9.53 Å². The molecule has 3 heteroatoms. The van der Waals surface area contributed by atoms with Crippen LogP contribution >= 0.6 is 11.6 Å². The highest BCUT2D eigenvalue weighted by molar-refractivity contribution is 6.26. The molecule has 0 rings (SSSR count). The number of alkyl halides is 1. The summed E-state index contributed by atoms with van der Waals surface area (Å²) in [7, 11) is 0. The van der Waals surface area contributed by atoms with Gasteiger partial charge in [-0.2, -0.15) is 0 Å². The minimum Gasteiger partial charge on any atom is -0.462 e. The van der Waals surface area contributed by atoms with Crippen molar-refractivity contribution in [1.82, 2.24) is 0 Å². The largest absolute Gasteiger partial charge is 0.462 e. The molecule has 0 saturated carbocycles. The lowest BCUT2D eigenvalue weighted by Gasteiger charge is -2.07. The minimum absolute atomic E-state index is 0.00347. The van der Waals surface area contributed by atoms with Gasteiger partial charge in [-0.1, -0.05) is 6.92 Å². The van der Waals surface area contributed by atoms with E-state index in [4.69, 9.17) is 16.3 Å². The Labute approximate surface area is 60.1 Å². The van der Waals surface area contributed by atoms with E-state index in [1.54, 1.807) is 0 Å². The molecular weight excluding hydrogens is 140 g/mol. The van der Waals surface area contributed by atoms with Crippen molar-refractivity contribution in [3.8, 4) is 0 Å². The summed E-state index contributed by atoms with van der Waals surface area (Å²) in [6, 6.07) is 0. The quantitative estimate of drug-likeness (QED) is 0.451. The smallest absolute Gasteiger partial charge is 0.321 e. The minimum atomic E-state index is -0.342. The Morgan fingerprint density at radius 1 is 1.78 bits per heavy atom. The predicted molar refractivity (Wildman–Crippen MR) is 36.6 cm³/mol. The van der Waals surface area contributed by atoms with E-state index in [0.717, 1.165) is 6.42 Å². The summed E-state index contributed by atoms with van der Waals surface area (Å²) in [6.45, 7) is 3.79. The van der Waals surface area contributed by atoms with Crippen LogP contribution in [0.4, 0.5) is 0 Å². The Morgan fingerprint density at radius 2 is 2.33 bits per heavy atom. The molecule has 9 heavy (non-hydrogen) atoms. The van der Waals surface area contributed by atoms with Crippen molar-refractivity contribution in [2.24, 2.45) is 0 Å². The van der Waals surface area contributed by atoms with Crippen LogP contribution in [0, 0.1) is 0 Å². The number of rotatable bonds is 3. The first-order valence-corrected chi connectivity index (χ1v) is 3.49. The monoisotopic (exact) mass is 150 g/mol. The summed E-state index contributed by atoms with van der Waals surface area (Å²) in [5, 5.41) is 0. The van der Waals surface area contributed by atoms with Crippen molar-refractivity contribution >= 4 is 17.6 Å². The molecule has 0 aliphatic carbocycles. The van der Waals surface area contributed by atoms with Crippen molar-refractivity contribution in [1.29, 1.82) is 0 Å². The number of carbonyl (C=O) groups excluding carboxylic acids is 1. The molecule has 0 bridgehead atoms. The van der Waals surface area contributed by atoms with Gasteiger partial charge in [0.25, 0.3) is 0 Å². The average Bonchev–Trinajstić information content (AvgIpc) is 1.87. The third-order valence-corrected chi connectivity index (χ3v) is 1.23. The zero-order valence-electron chi connectivity index (χ0n) is 5.69. The lowest BCUT2D eigenvalue weighted by Crippen LogP contribution is -2.14. The van der Waals surface area contributed by atoms with Gasteiger partial charge >= 0.3 is 5.97 Å². The van der Waals surface area contributed by atoms with Crippen molar-refractivity contribution < 1.29 is 9.53 Å². The average molecular weight is 151 g/mol. The highest BCUT2D eigenvalue weighted by atomic mass is 35.5. The van der Waals surface area contributed by atoms with E-state index in [0.29, 0.717) is 0 Å². The summed E-state index contributed by atoms with van der Waals surface area (Å²) >= 11 is 5.18. The second-order valence-corrected chi connectivity index (χ2v) is 2.11. The Balaban J connectivity index is 3.34. The molecule has 0 saturated heterocycles. The van der Waals surface area contributed by atoms with Gasteiger partial charge in [0.15, 0.2) is 0 Å². The maximum absolute atomic E-state index is 10.4. The molecule has 0 amide bonds. The normalized spacial score (nSPS) is 12.8. The molecule has 0 aliphatic rings.